The molecule has 0 unspecified atom stereocenters. The van der Waals surface area contributed by atoms with Crippen LogP contribution in [0.1, 0.15) is 69.3 Å². The fraction of sp³-hybridized carbons (Fsp3) is 0.486. The van der Waals surface area contributed by atoms with Gasteiger partial charge in [-0.25, -0.2) is 0 Å². The Morgan fingerprint density at radius 2 is 1.32 bits per heavy atom. The maximum Gasteiger partial charge on any atom is 0.290 e. The summed E-state index contributed by atoms with van der Waals surface area (Å²) < 4.78 is 24.3. The van der Waals surface area contributed by atoms with Crippen LogP contribution in [0.3, 0.4) is 0 Å². The summed E-state index contributed by atoms with van der Waals surface area (Å²) in [5.41, 5.74) is 4.97. The summed E-state index contributed by atoms with van der Waals surface area (Å²) in [6.45, 7) is 9.98. The van der Waals surface area contributed by atoms with Gasteiger partial charge in [0.2, 0.25) is 0 Å². The second kappa shape index (κ2) is 25.9. The van der Waals surface area contributed by atoms with E-state index in [4.69, 9.17) is 29.3 Å². The molecule has 0 radical (unpaired) electrons. The molecule has 1 fully saturated rings. The van der Waals surface area contributed by atoms with E-state index in [2.05, 4.69) is 37.4 Å². The van der Waals surface area contributed by atoms with E-state index in [-0.39, 0.29) is 26.4 Å². The number of ether oxygens (including phenoxy) is 2. The highest BCUT2D eigenvalue weighted by Crippen LogP contribution is 2.38. The predicted molar refractivity (Wildman–Crippen MR) is 173 cm³/mol. The first-order chi connectivity index (χ1) is 21.4. The second-order valence-corrected chi connectivity index (χ2v) is 10.3. The summed E-state index contributed by atoms with van der Waals surface area (Å²) in [4.78, 5) is 16.4. The third-order valence-corrected chi connectivity index (χ3v) is 7.33. The lowest BCUT2D eigenvalue weighted by Crippen LogP contribution is -2.13. The molecule has 3 rings (SSSR count). The highest BCUT2D eigenvalue weighted by atomic mass is 19.1. The van der Waals surface area contributed by atoms with Gasteiger partial charge in [0, 0.05) is 26.0 Å². The monoisotopic (exact) mass is 618 g/mol. The largest absolute Gasteiger partial charge is 0.493 e. The summed E-state index contributed by atoms with van der Waals surface area (Å²) in [6.07, 6.45) is 8.95. The Hall–Kier alpha value is -3.53. The van der Waals surface area contributed by atoms with Crippen LogP contribution >= 0.6 is 0 Å². The van der Waals surface area contributed by atoms with E-state index in [1.165, 1.54) is 37.7 Å². The van der Waals surface area contributed by atoms with Crippen LogP contribution in [0.4, 0.5) is 4.39 Å². The number of aliphatic hydroxyl groups is 3. The van der Waals surface area contributed by atoms with Crippen molar-refractivity contribution in [3.8, 4) is 22.6 Å². The molecule has 0 amide bonds. The van der Waals surface area contributed by atoms with E-state index in [9.17, 15) is 14.6 Å². The van der Waals surface area contributed by atoms with Gasteiger partial charge in [-0.1, -0.05) is 50.3 Å². The molecule has 0 aliphatic heterocycles. The van der Waals surface area contributed by atoms with Crippen LogP contribution in [0.25, 0.3) is 11.1 Å². The van der Waals surface area contributed by atoms with Crippen LogP contribution in [0, 0.1) is 5.92 Å². The number of rotatable bonds is 16. The number of unbranched alkanes of at least 4 members (excludes halogenated alkanes) is 1. The van der Waals surface area contributed by atoms with Crippen LogP contribution in [0.15, 0.2) is 66.8 Å². The van der Waals surface area contributed by atoms with Gasteiger partial charge in [0.05, 0.1) is 33.1 Å². The van der Waals surface area contributed by atoms with E-state index in [1.807, 2.05) is 25.0 Å². The van der Waals surface area contributed by atoms with Crippen LogP contribution in [0.5, 0.6) is 11.5 Å². The van der Waals surface area contributed by atoms with E-state index < -0.39 is 0 Å². The molecule has 0 aromatic heterocycles. The molecule has 1 aliphatic carbocycles. The van der Waals surface area contributed by atoms with Gasteiger partial charge in [-0.15, -0.1) is 0 Å². The summed E-state index contributed by atoms with van der Waals surface area (Å²) in [7, 11) is 1.00. The summed E-state index contributed by atoms with van der Waals surface area (Å²) >= 11 is 0. The van der Waals surface area contributed by atoms with Crippen molar-refractivity contribution < 1.29 is 43.9 Å². The van der Waals surface area contributed by atoms with Crippen molar-refractivity contribution in [2.75, 3.05) is 40.2 Å². The van der Waals surface area contributed by atoms with Gasteiger partial charge < -0.3 is 34.7 Å². The number of hydrogen-bond acceptors (Lipinski definition) is 7. The van der Waals surface area contributed by atoms with Crippen LogP contribution in [-0.2, 0) is 9.59 Å². The second-order valence-electron chi connectivity index (χ2n) is 10.3. The summed E-state index contributed by atoms with van der Waals surface area (Å²) in [6, 6.07) is 14.7. The molecule has 0 bridgehead atoms. The molecule has 0 saturated heterocycles. The van der Waals surface area contributed by atoms with E-state index >= 15 is 0 Å². The van der Waals surface area contributed by atoms with Gasteiger partial charge >= 0.3 is 0 Å². The lowest BCUT2D eigenvalue weighted by molar-refractivity contribution is -0.122. The number of benzene rings is 2. The molecular formula is C35H51FO8. The third kappa shape index (κ3) is 16.4. The first-order valence-corrected chi connectivity index (χ1v) is 14.9. The molecule has 0 atom stereocenters. The fourth-order valence-corrected chi connectivity index (χ4v) is 4.95. The molecule has 2 aromatic carbocycles. The minimum Gasteiger partial charge on any atom is -0.493 e. The molecule has 4 N–H and O–H groups in total. The zero-order valence-corrected chi connectivity index (χ0v) is 26.1. The Morgan fingerprint density at radius 1 is 0.841 bits per heavy atom. The van der Waals surface area contributed by atoms with Gasteiger partial charge in [-0.2, -0.15) is 0 Å². The molecule has 1 aliphatic rings. The molecule has 0 heterocycles. The molecule has 9 heteroatoms. The van der Waals surface area contributed by atoms with E-state index in [0.717, 1.165) is 41.7 Å². The molecule has 2 aromatic rings. The average Bonchev–Trinajstić information content (AvgIpc) is 3.07. The Bertz CT molecular complexity index is 1010. The predicted octanol–water partition coefficient (Wildman–Crippen LogP) is 6.53. The first kappa shape index (κ1) is 40.5. The summed E-state index contributed by atoms with van der Waals surface area (Å²) in [5.74, 6) is 2.76. The lowest BCUT2D eigenvalue weighted by Gasteiger charge is -2.29. The molecule has 44 heavy (non-hydrogen) atoms. The van der Waals surface area contributed by atoms with Gasteiger partial charge in [0.15, 0.2) is 0 Å². The number of carboxylic acid groups (broad SMARTS) is 1. The third-order valence-electron chi connectivity index (χ3n) is 7.33. The SMILES string of the molecule is C=C(CO)CCOc1cc(OCCC(=C)CO)cc(-c2ccc(C3CCC(CCCCF)CC3)cc2)c1.C=O.CO.O=CO. The molecule has 8 nitrogen and oxygen atoms in total. The highest BCUT2D eigenvalue weighted by molar-refractivity contribution is 5.67. The first-order valence-electron chi connectivity index (χ1n) is 14.9. The molecule has 0 spiro atoms. The number of carbonyl (C=O) groups excluding carboxylic acids is 1. The highest BCUT2D eigenvalue weighted by Gasteiger charge is 2.22. The Balaban J connectivity index is 0.00000244. The minimum atomic E-state index is -0.250. The topological polar surface area (TPSA) is 134 Å². The van der Waals surface area contributed by atoms with Crippen molar-refractivity contribution >= 4 is 13.3 Å². The molecule has 246 valence electrons. The zero-order valence-electron chi connectivity index (χ0n) is 26.1. The smallest absolute Gasteiger partial charge is 0.290 e. The number of hydrogen-bond donors (Lipinski definition) is 4. The number of aliphatic hydroxyl groups excluding tert-OH is 3. The van der Waals surface area contributed by atoms with Gasteiger partial charge in [0.1, 0.15) is 18.3 Å². The maximum absolute atomic E-state index is 12.4. The zero-order chi connectivity index (χ0) is 33.2. The molecule has 1 saturated carbocycles. The van der Waals surface area contributed by atoms with Crippen molar-refractivity contribution in [2.24, 2.45) is 5.92 Å². The maximum atomic E-state index is 12.4. The van der Waals surface area contributed by atoms with Crippen molar-refractivity contribution in [2.45, 2.75) is 63.7 Å². The van der Waals surface area contributed by atoms with Crippen LogP contribution < -0.4 is 9.47 Å². The number of halogens is 1. The van der Waals surface area contributed by atoms with Crippen molar-refractivity contribution in [3.05, 3.63) is 72.3 Å². The van der Waals surface area contributed by atoms with Crippen molar-refractivity contribution in [1.29, 1.82) is 0 Å². The lowest BCUT2D eigenvalue weighted by atomic mass is 9.77. The summed E-state index contributed by atoms with van der Waals surface area (Å²) in [5, 5.41) is 32.3. The van der Waals surface area contributed by atoms with Crippen LogP contribution in [-0.4, -0.2) is 73.9 Å². The van der Waals surface area contributed by atoms with Crippen molar-refractivity contribution in [1.82, 2.24) is 0 Å². The number of alkyl halides is 1. The number of carbonyl (C=O) groups is 2. The fourth-order valence-electron chi connectivity index (χ4n) is 4.95. The van der Waals surface area contributed by atoms with Gasteiger partial charge in [-0.3, -0.25) is 9.18 Å². The average molecular weight is 619 g/mol. The van der Waals surface area contributed by atoms with Crippen LogP contribution in [0.2, 0.25) is 0 Å². The van der Waals surface area contributed by atoms with E-state index in [0.29, 0.717) is 49.9 Å². The van der Waals surface area contributed by atoms with E-state index in [1.54, 1.807) is 0 Å². The molecular weight excluding hydrogens is 567 g/mol. The quantitative estimate of drug-likeness (QED) is 0.0949. The van der Waals surface area contributed by atoms with Gasteiger partial charge in [-0.05, 0) is 83.9 Å². The Labute approximate surface area is 261 Å². The van der Waals surface area contributed by atoms with Gasteiger partial charge in [0.25, 0.3) is 6.47 Å². The Kier molecular flexibility index (Phi) is 23.8. The normalized spacial score (nSPS) is 15.1. The minimum absolute atomic E-state index is 0.0420. The Morgan fingerprint density at radius 3 is 1.75 bits per heavy atom. The van der Waals surface area contributed by atoms with Crippen molar-refractivity contribution in [3.63, 3.8) is 0 Å². The standard InChI is InChI=1S/C32H43FO4.CH2O2.CH4O.CH2O/c1-24(22-34)14-17-36-31-19-30(20-32(21-31)37-18-15-25(2)23-35)29-12-10-28(11-13-29)27-8-6-26(7-9-27)5-3-4-16-33;2-1-3;2*1-2/h10-13,19-21,26-27,34-35H,1-9,14-18,22-23H2;1H,(H,2,3);2H,1H3;1H2.